The van der Waals surface area contributed by atoms with Crippen LogP contribution in [-0.4, -0.2) is 44.3 Å². The Bertz CT molecular complexity index is 535. The first kappa shape index (κ1) is 28.1. The van der Waals surface area contributed by atoms with Crippen molar-refractivity contribution in [2.75, 3.05) is 0 Å². The van der Waals surface area contributed by atoms with Crippen LogP contribution in [0.3, 0.4) is 0 Å². The van der Waals surface area contributed by atoms with Crippen molar-refractivity contribution in [1.82, 2.24) is 0 Å². The van der Waals surface area contributed by atoms with E-state index in [1.165, 1.54) is 38.5 Å². The lowest BCUT2D eigenvalue weighted by Gasteiger charge is -2.19. The van der Waals surface area contributed by atoms with Crippen molar-refractivity contribution in [2.24, 2.45) is 0 Å². The summed E-state index contributed by atoms with van der Waals surface area (Å²) in [6, 6.07) is 1.52. The van der Waals surface area contributed by atoms with Crippen LogP contribution >= 0.6 is 0 Å². The lowest BCUT2D eigenvalue weighted by molar-refractivity contribution is -0.142. The Morgan fingerprint density at radius 2 is 1.24 bits per heavy atom. The second-order valence-corrected chi connectivity index (χ2v) is 12.0. The van der Waals surface area contributed by atoms with Crippen molar-refractivity contribution >= 4 is 31.1 Å². The zero-order valence-electron chi connectivity index (χ0n) is 18.1. The normalized spacial score (nSPS) is 12.8. The molecule has 0 radical (unpaired) electrons. The fourth-order valence-electron chi connectivity index (χ4n) is 3.28. The molecule has 0 aliphatic carbocycles. The molecule has 9 heteroatoms. The Morgan fingerprint density at radius 3 is 1.62 bits per heavy atom. The third-order valence-electron chi connectivity index (χ3n) is 5.02. The average molecular weight is 453 g/mol. The molecule has 1 unspecified atom stereocenters. The summed E-state index contributed by atoms with van der Waals surface area (Å²) in [5.41, 5.74) is 0. The van der Waals surface area contributed by atoms with E-state index in [0.717, 1.165) is 50.6 Å². The molecule has 0 heterocycles. The highest BCUT2D eigenvalue weighted by Crippen LogP contribution is 2.18. The molecule has 0 aliphatic heterocycles. The van der Waals surface area contributed by atoms with Gasteiger partial charge in [-0.15, -0.1) is 0 Å². The molecular weight excluding hydrogens is 412 g/mol. The molecule has 0 aliphatic rings. The monoisotopic (exact) mass is 452 g/mol. The standard InChI is InChI=1S/C20H40O7SSi/c1-3-5-7-9-11-13-15-29(16-14-12-10-8-6-4-2)27-20(23)18(17-19(21)22)28(24,25)26/h18,29H,3-17H2,1-2H3,(H,21,22)(H,24,25,26). The van der Waals surface area contributed by atoms with E-state index in [-0.39, 0.29) is 0 Å². The van der Waals surface area contributed by atoms with Crippen LogP contribution in [0.5, 0.6) is 0 Å². The number of unbranched alkanes of at least 4 members (excludes halogenated alkanes) is 10. The van der Waals surface area contributed by atoms with Crippen molar-refractivity contribution in [3.8, 4) is 0 Å². The van der Waals surface area contributed by atoms with Crippen LogP contribution in [0.25, 0.3) is 0 Å². The number of carbonyl (C=O) groups is 2. The largest absolute Gasteiger partial charge is 0.521 e. The zero-order valence-corrected chi connectivity index (χ0v) is 20.1. The maximum atomic E-state index is 12.3. The maximum absolute atomic E-state index is 12.3. The lowest BCUT2D eigenvalue weighted by Crippen LogP contribution is -2.37. The maximum Gasteiger partial charge on any atom is 0.313 e. The highest BCUT2D eigenvalue weighted by atomic mass is 32.2. The van der Waals surface area contributed by atoms with E-state index in [9.17, 15) is 22.6 Å². The van der Waals surface area contributed by atoms with Crippen LogP contribution in [0.4, 0.5) is 0 Å². The summed E-state index contributed by atoms with van der Waals surface area (Å²) in [5, 5.41) is 6.81. The molecule has 172 valence electrons. The minimum absolute atomic E-state index is 0.762. The minimum atomic E-state index is -4.81. The molecule has 7 nitrogen and oxygen atoms in total. The van der Waals surface area contributed by atoms with Crippen LogP contribution < -0.4 is 0 Å². The molecule has 0 aromatic rings. The van der Waals surface area contributed by atoms with Gasteiger partial charge in [0.15, 0.2) is 5.25 Å². The van der Waals surface area contributed by atoms with E-state index in [0.29, 0.717) is 0 Å². The molecule has 0 aromatic carbocycles. The number of carboxylic acid groups (broad SMARTS) is 1. The summed E-state index contributed by atoms with van der Waals surface area (Å²) >= 11 is 0. The second kappa shape index (κ2) is 16.8. The smallest absolute Gasteiger partial charge is 0.313 e. The molecule has 0 fully saturated rings. The van der Waals surface area contributed by atoms with E-state index in [1.807, 2.05) is 0 Å². The Morgan fingerprint density at radius 1 is 0.828 bits per heavy atom. The van der Waals surface area contributed by atoms with Crippen molar-refractivity contribution < 1.29 is 32.1 Å². The van der Waals surface area contributed by atoms with Crippen molar-refractivity contribution in [2.45, 2.75) is 115 Å². The second-order valence-electron chi connectivity index (χ2n) is 7.77. The number of hydrogen-bond acceptors (Lipinski definition) is 5. The third kappa shape index (κ3) is 15.6. The van der Waals surface area contributed by atoms with Gasteiger partial charge in [-0.25, -0.2) is 0 Å². The van der Waals surface area contributed by atoms with E-state index in [4.69, 9.17) is 9.53 Å². The van der Waals surface area contributed by atoms with Crippen LogP contribution in [0, 0.1) is 0 Å². The highest BCUT2D eigenvalue weighted by Gasteiger charge is 2.36. The summed E-state index contributed by atoms with van der Waals surface area (Å²) < 4.78 is 37.6. The molecule has 0 saturated heterocycles. The molecule has 0 aromatic heterocycles. The molecule has 0 rings (SSSR count). The topological polar surface area (TPSA) is 118 Å². The van der Waals surface area contributed by atoms with Gasteiger partial charge in [-0.1, -0.05) is 90.9 Å². The van der Waals surface area contributed by atoms with Gasteiger partial charge >= 0.3 is 11.9 Å². The van der Waals surface area contributed by atoms with Crippen LogP contribution in [0.2, 0.25) is 12.1 Å². The summed E-state index contributed by atoms with van der Waals surface area (Å²) in [6.45, 7) is 4.32. The van der Waals surface area contributed by atoms with Crippen molar-refractivity contribution in [1.29, 1.82) is 0 Å². The fourth-order valence-corrected chi connectivity index (χ4v) is 6.53. The Hall–Kier alpha value is -0.933. The van der Waals surface area contributed by atoms with E-state index >= 15 is 0 Å². The lowest BCUT2D eigenvalue weighted by atomic mass is 10.1. The summed E-state index contributed by atoms with van der Waals surface area (Å²) in [5.74, 6) is -2.57. The van der Waals surface area contributed by atoms with Gasteiger partial charge in [0.2, 0.25) is 9.04 Å². The number of hydrogen-bond donors (Lipinski definition) is 2. The molecule has 0 saturated carbocycles. The minimum Gasteiger partial charge on any atom is -0.521 e. The van der Waals surface area contributed by atoms with Gasteiger partial charge in [0.25, 0.3) is 10.1 Å². The van der Waals surface area contributed by atoms with Gasteiger partial charge in [0, 0.05) is 0 Å². The first-order valence-electron chi connectivity index (χ1n) is 11.1. The van der Waals surface area contributed by atoms with Gasteiger partial charge in [0.05, 0.1) is 6.42 Å². The van der Waals surface area contributed by atoms with Crippen LogP contribution in [0.1, 0.15) is 97.3 Å². The predicted molar refractivity (Wildman–Crippen MR) is 117 cm³/mol. The zero-order chi connectivity index (χ0) is 22.1. The number of carboxylic acids is 1. The Kier molecular flexibility index (Phi) is 16.3. The van der Waals surface area contributed by atoms with E-state index in [1.54, 1.807) is 0 Å². The quantitative estimate of drug-likeness (QED) is 0.165. The highest BCUT2D eigenvalue weighted by molar-refractivity contribution is 7.87. The SMILES string of the molecule is CCCCCCCC[SiH](CCCCCCCC)OC(=O)C(CC(=O)O)S(=O)(=O)O. The van der Waals surface area contributed by atoms with Gasteiger partial charge in [-0.3, -0.25) is 14.1 Å². The van der Waals surface area contributed by atoms with E-state index < -0.39 is 42.8 Å². The molecule has 0 spiro atoms. The van der Waals surface area contributed by atoms with Crippen LogP contribution in [-0.2, 0) is 24.1 Å². The van der Waals surface area contributed by atoms with Gasteiger partial charge < -0.3 is 9.53 Å². The molecular formula is C20H40O7SSi. The summed E-state index contributed by atoms with van der Waals surface area (Å²) in [7, 11) is -6.81. The molecule has 0 bridgehead atoms. The first-order chi connectivity index (χ1) is 13.7. The summed E-state index contributed by atoms with van der Waals surface area (Å²) in [6.07, 6.45) is 12.4. The molecule has 1 atom stereocenters. The fraction of sp³-hybridized carbons (Fsp3) is 0.900. The van der Waals surface area contributed by atoms with Crippen molar-refractivity contribution in [3.63, 3.8) is 0 Å². The first-order valence-corrected chi connectivity index (χ1v) is 14.7. The van der Waals surface area contributed by atoms with Crippen molar-refractivity contribution in [3.05, 3.63) is 0 Å². The van der Waals surface area contributed by atoms with E-state index in [2.05, 4.69) is 13.8 Å². The average Bonchev–Trinajstić information content (AvgIpc) is 2.63. The predicted octanol–water partition coefficient (Wildman–Crippen LogP) is 4.71. The summed E-state index contributed by atoms with van der Waals surface area (Å²) in [4.78, 5) is 23.2. The van der Waals surface area contributed by atoms with Gasteiger partial charge in [-0.05, 0) is 12.1 Å². The van der Waals surface area contributed by atoms with Gasteiger partial charge in [-0.2, -0.15) is 8.42 Å². The molecule has 0 amide bonds. The Labute approximate surface area is 178 Å². The molecule has 29 heavy (non-hydrogen) atoms. The van der Waals surface area contributed by atoms with Crippen LogP contribution in [0.15, 0.2) is 0 Å². The number of rotatable bonds is 19. The molecule has 2 N–H and O–H groups in total. The number of aliphatic carboxylic acids is 1. The third-order valence-corrected chi connectivity index (χ3v) is 8.77. The van der Waals surface area contributed by atoms with Gasteiger partial charge in [0.1, 0.15) is 0 Å². The number of carbonyl (C=O) groups excluding carboxylic acids is 1. The Balaban J connectivity index is 4.69.